The molecule has 3 atom stereocenters. The van der Waals surface area contributed by atoms with E-state index in [1.807, 2.05) is 0 Å². The van der Waals surface area contributed by atoms with Crippen molar-refractivity contribution < 1.29 is 9.26 Å². The predicted octanol–water partition coefficient (Wildman–Crippen LogP) is 1.23. The number of ether oxygens (including phenoxy) is 1. The molecule has 20 heavy (non-hydrogen) atoms. The van der Waals surface area contributed by atoms with E-state index in [1.165, 1.54) is 12.8 Å². The van der Waals surface area contributed by atoms with E-state index in [0.717, 1.165) is 25.9 Å². The Bertz CT molecular complexity index is 464. The van der Waals surface area contributed by atoms with Crippen molar-refractivity contribution in [1.82, 2.24) is 15.0 Å². The molecule has 2 N–H and O–H groups in total. The first-order valence-corrected chi connectivity index (χ1v) is 7.49. The molecule has 6 nitrogen and oxygen atoms in total. The van der Waals surface area contributed by atoms with Gasteiger partial charge in [-0.15, -0.1) is 0 Å². The van der Waals surface area contributed by atoms with Gasteiger partial charge in [0, 0.05) is 19.1 Å². The maximum Gasteiger partial charge on any atom is 0.234 e. The summed E-state index contributed by atoms with van der Waals surface area (Å²) in [7, 11) is 2.08. The molecule has 1 saturated heterocycles. The number of morpholine rings is 1. The third-order valence-corrected chi connectivity index (χ3v) is 4.77. The molecule has 0 bridgehead atoms. The fourth-order valence-corrected chi connectivity index (χ4v) is 3.16. The maximum absolute atomic E-state index is 6.29. The van der Waals surface area contributed by atoms with Crippen LogP contribution < -0.4 is 5.73 Å². The number of aromatic nitrogens is 2. The SMILES string of the molecule is CN1CCOC(c2noc(C3(C)CCCCC3N)n2)C1. The summed E-state index contributed by atoms with van der Waals surface area (Å²) in [5, 5.41) is 4.14. The van der Waals surface area contributed by atoms with Gasteiger partial charge in [0.2, 0.25) is 11.7 Å². The van der Waals surface area contributed by atoms with Gasteiger partial charge in [0.05, 0.1) is 12.0 Å². The van der Waals surface area contributed by atoms with Gasteiger partial charge in [-0.25, -0.2) is 0 Å². The fourth-order valence-electron chi connectivity index (χ4n) is 3.16. The monoisotopic (exact) mass is 280 g/mol. The van der Waals surface area contributed by atoms with E-state index < -0.39 is 0 Å². The number of hydrogen-bond donors (Lipinski definition) is 1. The van der Waals surface area contributed by atoms with Crippen molar-refractivity contribution in [3.05, 3.63) is 11.7 Å². The van der Waals surface area contributed by atoms with Crippen LogP contribution in [0.3, 0.4) is 0 Å². The molecule has 0 spiro atoms. The summed E-state index contributed by atoms with van der Waals surface area (Å²) >= 11 is 0. The van der Waals surface area contributed by atoms with Gasteiger partial charge in [-0.3, -0.25) is 0 Å². The zero-order valence-corrected chi connectivity index (χ0v) is 12.3. The zero-order chi connectivity index (χ0) is 14.2. The summed E-state index contributed by atoms with van der Waals surface area (Å²) in [6.07, 6.45) is 4.31. The van der Waals surface area contributed by atoms with Crippen molar-refractivity contribution in [1.29, 1.82) is 0 Å². The average Bonchev–Trinajstić information content (AvgIpc) is 2.93. The Labute approximate surface area is 119 Å². The van der Waals surface area contributed by atoms with Crippen molar-refractivity contribution in [2.75, 3.05) is 26.7 Å². The highest BCUT2D eigenvalue weighted by molar-refractivity contribution is 5.11. The van der Waals surface area contributed by atoms with E-state index in [1.54, 1.807) is 0 Å². The third kappa shape index (κ3) is 2.47. The summed E-state index contributed by atoms with van der Waals surface area (Å²) in [6, 6.07) is 0.0968. The van der Waals surface area contributed by atoms with Crippen LogP contribution in [0.5, 0.6) is 0 Å². The molecule has 1 aromatic rings. The number of rotatable bonds is 2. The average molecular weight is 280 g/mol. The molecule has 2 heterocycles. The predicted molar refractivity (Wildman–Crippen MR) is 74.3 cm³/mol. The summed E-state index contributed by atoms with van der Waals surface area (Å²) in [5.41, 5.74) is 6.10. The van der Waals surface area contributed by atoms with Gasteiger partial charge in [0.1, 0.15) is 6.10 Å². The van der Waals surface area contributed by atoms with E-state index in [2.05, 4.69) is 29.0 Å². The van der Waals surface area contributed by atoms with Crippen LogP contribution in [0.25, 0.3) is 0 Å². The largest absolute Gasteiger partial charge is 0.367 e. The van der Waals surface area contributed by atoms with Gasteiger partial charge < -0.3 is 19.9 Å². The molecule has 3 rings (SSSR count). The minimum Gasteiger partial charge on any atom is -0.367 e. The molecule has 1 saturated carbocycles. The first-order valence-electron chi connectivity index (χ1n) is 7.49. The highest BCUT2D eigenvalue weighted by Crippen LogP contribution is 2.37. The third-order valence-electron chi connectivity index (χ3n) is 4.77. The first-order chi connectivity index (χ1) is 9.59. The van der Waals surface area contributed by atoms with E-state index in [0.29, 0.717) is 18.3 Å². The quantitative estimate of drug-likeness (QED) is 0.878. The number of hydrogen-bond acceptors (Lipinski definition) is 6. The highest BCUT2D eigenvalue weighted by atomic mass is 16.5. The molecule has 1 aliphatic heterocycles. The second-order valence-corrected chi connectivity index (χ2v) is 6.35. The number of nitrogens with zero attached hydrogens (tertiary/aromatic N) is 3. The summed E-state index contributed by atoms with van der Waals surface area (Å²) in [6.45, 7) is 4.61. The van der Waals surface area contributed by atoms with Crippen molar-refractivity contribution in [2.45, 2.75) is 50.2 Å². The molecule has 6 heteroatoms. The van der Waals surface area contributed by atoms with E-state index in [-0.39, 0.29) is 17.6 Å². The second-order valence-electron chi connectivity index (χ2n) is 6.35. The molecule has 1 aliphatic carbocycles. The lowest BCUT2D eigenvalue weighted by Crippen LogP contribution is -2.45. The lowest BCUT2D eigenvalue weighted by molar-refractivity contribution is -0.0264. The van der Waals surface area contributed by atoms with E-state index in [9.17, 15) is 0 Å². The molecular formula is C14H24N4O2. The van der Waals surface area contributed by atoms with Crippen LogP contribution in [-0.2, 0) is 10.2 Å². The lowest BCUT2D eigenvalue weighted by Gasteiger charge is -2.36. The molecule has 0 aromatic carbocycles. The molecule has 1 aromatic heterocycles. The van der Waals surface area contributed by atoms with Gasteiger partial charge >= 0.3 is 0 Å². The Morgan fingerprint density at radius 2 is 2.25 bits per heavy atom. The van der Waals surface area contributed by atoms with Crippen LogP contribution in [0.1, 0.15) is 50.4 Å². The zero-order valence-electron chi connectivity index (χ0n) is 12.3. The fraction of sp³-hybridized carbons (Fsp3) is 0.857. The van der Waals surface area contributed by atoms with Gasteiger partial charge in [-0.1, -0.05) is 18.0 Å². The highest BCUT2D eigenvalue weighted by Gasteiger charge is 2.41. The summed E-state index contributed by atoms with van der Waals surface area (Å²) < 4.78 is 11.3. The maximum atomic E-state index is 6.29. The van der Waals surface area contributed by atoms with Crippen LogP contribution in [0.15, 0.2) is 4.52 Å². The Hall–Kier alpha value is -0.980. The molecule has 2 aliphatic rings. The van der Waals surface area contributed by atoms with Gasteiger partial charge in [-0.2, -0.15) is 4.98 Å². The first kappa shape index (κ1) is 14.0. The summed E-state index contributed by atoms with van der Waals surface area (Å²) in [5.74, 6) is 1.34. The Morgan fingerprint density at radius 1 is 1.40 bits per heavy atom. The lowest BCUT2D eigenvalue weighted by atomic mass is 9.72. The van der Waals surface area contributed by atoms with Crippen molar-refractivity contribution >= 4 is 0 Å². The van der Waals surface area contributed by atoms with Crippen molar-refractivity contribution in [2.24, 2.45) is 5.73 Å². The molecule has 0 radical (unpaired) electrons. The topological polar surface area (TPSA) is 77.4 Å². The van der Waals surface area contributed by atoms with Gasteiger partial charge in [0.25, 0.3) is 0 Å². The van der Waals surface area contributed by atoms with Crippen LogP contribution >= 0.6 is 0 Å². The summed E-state index contributed by atoms with van der Waals surface area (Å²) in [4.78, 5) is 6.83. The van der Waals surface area contributed by atoms with Gasteiger partial charge in [0.15, 0.2) is 0 Å². The minimum atomic E-state index is -0.190. The van der Waals surface area contributed by atoms with Crippen LogP contribution in [0.2, 0.25) is 0 Å². The molecule has 0 amide bonds. The smallest absolute Gasteiger partial charge is 0.234 e. The van der Waals surface area contributed by atoms with Crippen molar-refractivity contribution in [3.8, 4) is 0 Å². The Kier molecular flexibility index (Phi) is 3.79. The van der Waals surface area contributed by atoms with Crippen LogP contribution in [-0.4, -0.2) is 47.8 Å². The van der Waals surface area contributed by atoms with E-state index in [4.69, 9.17) is 15.0 Å². The van der Waals surface area contributed by atoms with Crippen LogP contribution in [0.4, 0.5) is 0 Å². The molecule has 112 valence electrons. The van der Waals surface area contributed by atoms with Crippen molar-refractivity contribution in [3.63, 3.8) is 0 Å². The number of likely N-dealkylation sites (N-methyl/N-ethyl adjacent to an activating group) is 1. The van der Waals surface area contributed by atoms with Gasteiger partial charge in [-0.05, 0) is 26.8 Å². The minimum absolute atomic E-state index is 0.0883. The Morgan fingerprint density at radius 3 is 3.00 bits per heavy atom. The standard InChI is InChI=1S/C14H24N4O2/c1-14(6-4-3-5-11(14)15)13-16-12(17-20-13)10-9-18(2)7-8-19-10/h10-11H,3-9,15H2,1-2H3. The van der Waals surface area contributed by atoms with E-state index >= 15 is 0 Å². The second kappa shape index (κ2) is 5.42. The molecular weight excluding hydrogens is 256 g/mol. The molecule has 2 fully saturated rings. The normalized spacial score (nSPS) is 36.1. The number of nitrogens with two attached hydrogens (primary N) is 1. The van der Waals surface area contributed by atoms with Crippen LogP contribution in [0, 0.1) is 0 Å². The molecule has 3 unspecified atom stereocenters. The Balaban J connectivity index is 1.79.